The van der Waals surface area contributed by atoms with Crippen LogP contribution in [-0.2, 0) is 11.2 Å². The van der Waals surface area contributed by atoms with E-state index in [1.165, 1.54) is 5.56 Å². The van der Waals surface area contributed by atoms with Crippen LogP contribution in [0.3, 0.4) is 0 Å². The molecule has 29 heavy (non-hydrogen) atoms. The minimum atomic E-state index is -0.768. The number of aryl methyl sites for hydroxylation is 1. The van der Waals surface area contributed by atoms with Gasteiger partial charge in [0.15, 0.2) is 0 Å². The van der Waals surface area contributed by atoms with Gasteiger partial charge in [0.2, 0.25) is 0 Å². The molecule has 1 saturated heterocycles. The van der Waals surface area contributed by atoms with Crippen molar-refractivity contribution in [3.8, 4) is 0 Å². The summed E-state index contributed by atoms with van der Waals surface area (Å²) >= 11 is 0. The van der Waals surface area contributed by atoms with Gasteiger partial charge >= 0.3 is 5.97 Å². The van der Waals surface area contributed by atoms with Crippen LogP contribution in [-0.4, -0.2) is 35.0 Å². The van der Waals surface area contributed by atoms with E-state index in [-0.39, 0.29) is 12.3 Å². The minimum absolute atomic E-state index is 0.107. The average molecular weight is 387 g/mol. The predicted octanol–water partition coefficient (Wildman–Crippen LogP) is 4.88. The highest BCUT2D eigenvalue weighted by Gasteiger charge is 2.25. The number of hydrogen-bond acceptors (Lipinski definition) is 2. The van der Waals surface area contributed by atoms with Gasteiger partial charge in [-0.2, -0.15) is 0 Å². The van der Waals surface area contributed by atoms with E-state index >= 15 is 0 Å². The monoisotopic (exact) mass is 387 g/mol. The number of benzene rings is 3. The molecule has 3 aromatic carbocycles. The molecule has 4 rings (SSSR count). The van der Waals surface area contributed by atoms with Crippen molar-refractivity contribution in [1.82, 2.24) is 4.90 Å². The molecule has 1 heterocycles. The van der Waals surface area contributed by atoms with Gasteiger partial charge in [-0.15, -0.1) is 0 Å². The van der Waals surface area contributed by atoms with E-state index in [0.29, 0.717) is 12.3 Å². The summed E-state index contributed by atoms with van der Waals surface area (Å²) in [6.45, 7) is 1.48. The van der Waals surface area contributed by atoms with Crippen LogP contribution in [0.15, 0.2) is 66.7 Å². The van der Waals surface area contributed by atoms with Crippen molar-refractivity contribution >= 4 is 22.6 Å². The topological polar surface area (TPSA) is 57.6 Å². The molecule has 0 spiro atoms. The van der Waals surface area contributed by atoms with Gasteiger partial charge in [0.25, 0.3) is 5.91 Å². The van der Waals surface area contributed by atoms with Gasteiger partial charge in [-0.25, -0.2) is 0 Å². The lowest BCUT2D eigenvalue weighted by Gasteiger charge is -2.32. The highest BCUT2D eigenvalue weighted by Crippen LogP contribution is 2.30. The first-order chi connectivity index (χ1) is 14.1. The second kappa shape index (κ2) is 8.48. The number of nitrogens with zero attached hydrogens (tertiary/aromatic N) is 1. The number of rotatable bonds is 5. The van der Waals surface area contributed by atoms with E-state index in [2.05, 4.69) is 12.1 Å². The number of carboxylic acids is 1. The standard InChI is InChI=1S/C25H25NO3/c27-24(28)12-11-18-5-3-8-21(17-18)19-13-15-26(16-14-19)25(29)23-10-4-7-20-6-1-2-9-22(20)23/h1-10,17,19H,11-16H2,(H,27,28). The lowest BCUT2D eigenvalue weighted by Crippen LogP contribution is -2.38. The normalized spacial score (nSPS) is 14.8. The summed E-state index contributed by atoms with van der Waals surface area (Å²) in [5.74, 6) is -0.248. The summed E-state index contributed by atoms with van der Waals surface area (Å²) in [7, 11) is 0. The Bertz CT molecular complexity index is 1030. The maximum absolute atomic E-state index is 13.1. The molecule has 0 aliphatic carbocycles. The van der Waals surface area contributed by atoms with Crippen LogP contribution in [0.5, 0.6) is 0 Å². The molecule has 0 aromatic heterocycles. The molecule has 1 aliphatic heterocycles. The summed E-state index contributed by atoms with van der Waals surface area (Å²) in [5.41, 5.74) is 3.10. The van der Waals surface area contributed by atoms with Crippen molar-refractivity contribution in [1.29, 1.82) is 0 Å². The Kier molecular flexibility index (Phi) is 5.61. The Morgan fingerprint density at radius 1 is 0.931 bits per heavy atom. The number of carbonyl (C=O) groups excluding carboxylic acids is 1. The first-order valence-corrected chi connectivity index (χ1v) is 10.2. The molecule has 0 bridgehead atoms. The minimum Gasteiger partial charge on any atom is -0.481 e. The molecule has 0 saturated carbocycles. The Hall–Kier alpha value is -3.14. The van der Waals surface area contributed by atoms with Crippen LogP contribution in [0.25, 0.3) is 10.8 Å². The molecular formula is C25H25NO3. The second-order valence-corrected chi connectivity index (χ2v) is 7.73. The molecule has 4 nitrogen and oxygen atoms in total. The maximum Gasteiger partial charge on any atom is 0.303 e. The number of aliphatic carboxylic acids is 1. The van der Waals surface area contributed by atoms with E-state index < -0.39 is 5.97 Å². The second-order valence-electron chi connectivity index (χ2n) is 7.73. The smallest absolute Gasteiger partial charge is 0.303 e. The third-order valence-corrected chi connectivity index (χ3v) is 5.85. The molecule has 0 atom stereocenters. The fourth-order valence-corrected chi connectivity index (χ4v) is 4.25. The summed E-state index contributed by atoms with van der Waals surface area (Å²) in [6.07, 6.45) is 2.57. The van der Waals surface area contributed by atoms with Gasteiger partial charge < -0.3 is 10.0 Å². The van der Waals surface area contributed by atoms with E-state index in [9.17, 15) is 9.59 Å². The van der Waals surface area contributed by atoms with Crippen molar-refractivity contribution in [2.24, 2.45) is 0 Å². The lowest BCUT2D eigenvalue weighted by atomic mass is 9.88. The largest absolute Gasteiger partial charge is 0.481 e. The van der Waals surface area contributed by atoms with Gasteiger partial charge in [-0.05, 0) is 53.1 Å². The fraction of sp³-hybridized carbons (Fsp3) is 0.280. The maximum atomic E-state index is 13.1. The lowest BCUT2D eigenvalue weighted by molar-refractivity contribution is -0.136. The van der Waals surface area contributed by atoms with Crippen LogP contribution in [0, 0.1) is 0 Å². The van der Waals surface area contributed by atoms with Crippen molar-refractivity contribution in [3.05, 3.63) is 83.4 Å². The quantitative estimate of drug-likeness (QED) is 0.679. The van der Waals surface area contributed by atoms with Crippen molar-refractivity contribution in [2.45, 2.75) is 31.6 Å². The van der Waals surface area contributed by atoms with E-state index in [4.69, 9.17) is 5.11 Å². The zero-order valence-corrected chi connectivity index (χ0v) is 16.4. The summed E-state index contributed by atoms with van der Waals surface area (Å²) in [5, 5.41) is 11.0. The highest BCUT2D eigenvalue weighted by atomic mass is 16.4. The number of fused-ring (bicyclic) bond motifs is 1. The van der Waals surface area contributed by atoms with Crippen LogP contribution in [0.4, 0.5) is 0 Å². The fourth-order valence-electron chi connectivity index (χ4n) is 4.25. The van der Waals surface area contributed by atoms with E-state index in [1.807, 2.05) is 59.5 Å². The van der Waals surface area contributed by atoms with Crippen LogP contribution in [0.2, 0.25) is 0 Å². The zero-order chi connectivity index (χ0) is 20.2. The van der Waals surface area contributed by atoms with Crippen LogP contribution < -0.4 is 0 Å². The summed E-state index contributed by atoms with van der Waals surface area (Å²) < 4.78 is 0. The third-order valence-electron chi connectivity index (χ3n) is 5.85. The van der Waals surface area contributed by atoms with Crippen molar-refractivity contribution < 1.29 is 14.7 Å². The molecule has 3 aromatic rings. The van der Waals surface area contributed by atoms with E-state index in [0.717, 1.165) is 47.8 Å². The Morgan fingerprint density at radius 3 is 2.45 bits per heavy atom. The SMILES string of the molecule is O=C(O)CCc1cccc(C2CCN(C(=O)c3cccc4ccccc34)CC2)c1. The van der Waals surface area contributed by atoms with Gasteiger partial charge in [0.1, 0.15) is 0 Å². The van der Waals surface area contributed by atoms with Gasteiger partial charge in [0.05, 0.1) is 0 Å². The van der Waals surface area contributed by atoms with Crippen LogP contribution in [0.1, 0.15) is 46.7 Å². The van der Waals surface area contributed by atoms with Gasteiger partial charge in [0, 0.05) is 25.1 Å². The molecule has 1 N–H and O–H groups in total. The number of carbonyl (C=O) groups is 2. The molecule has 4 heteroatoms. The van der Waals surface area contributed by atoms with Crippen molar-refractivity contribution in [3.63, 3.8) is 0 Å². The number of carboxylic acid groups (broad SMARTS) is 1. The van der Waals surface area contributed by atoms with E-state index in [1.54, 1.807) is 0 Å². The highest BCUT2D eigenvalue weighted by molar-refractivity contribution is 6.07. The summed E-state index contributed by atoms with van der Waals surface area (Å²) in [6, 6.07) is 22.2. The Labute approximate surface area is 170 Å². The Morgan fingerprint density at radius 2 is 1.66 bits per heavy atom. The van der Waals surface area contributed by atoms with Crippen molar-refractivity contribution in [2.75, 3.05) is 13.1 Å². The first-order valence-electron chi connectivity index (χ1n) is 10.2. The number of amides is 1. The third kappa shape index (κ3) is 4.32. The molecule has 1 fully saturated rings. The molecular weight excluding hydrogens is 362 g/mol. The average Bonchev–Trinajstić information content (AvgIpc) is 2.77. The predicted molar refractivity (Wildman–Crippen MR) is 114 cm³/mol. The van der Waals surface area contributed by atoms with Gasteiger partial charge in [-0.1, -0.05) is 60.7 Å². The Balaban J connectivity index is 1.43. The zero-order valence-electron chi connectivity index (χ0n) is 16.4. The molecule has 1 amide bonds. The molecule has 0 unspecified atom stereocenters. The molecule has 148 valence electrons. The van der Waals surface area contributed by atoms with Gasteiger partial charge in [-0.3, -0.25) is 9.59 Å². The molecule has 0 radical (unpaired) electrons. The number of piperidine rings is 1. The van der Waals surface area contributed by atoms with Crippen LogP contribution >= 0.6 is 0 Å². The molecule has 1 aliphatic rings. The number of hydrogen-bond donors (Lipinski definition) is 1. The first kappa shape index (κ1) is 19.2. The summed E-state index contributed by atoms with van der Waals surface area (Å²) in [4.78, 5) is 25.9. The number of likely N-dealkylation sites (tertiary alicyclic amines) is 1.